The van der Waals surface area contributed by atoms with E-state index in [-0.39, 0.29) is 17.7 Å². The summed E-state index contributed by atoms with van der Waals surface area (Å²) < 4.78 is 7.96. The first kappa shape index (κ1) is 23.5. The molecule has 2 aromatic carbocycles. The highest BCUT2D eigenvalue weighted by Gasteiger charge is 2.35. The van der Waals surface area contributed by atoms with Crippen LogP contribution >= 0.6 is 35.0 Å². The van der Waals surface area contributed by atoms with E-state index in [0.717, 1.165) is 34.5 Å². The SMILES string of the molecule is Cc1cc(/C=C2\SC(=O)N(Cc3ccc(Cl)cc3Cl)C2=O)c(C)n1CCOc1ccccc1. The molecule has 3 aromatic rings. The Morgan fingerprint density at radius 2 is 1.79 bits per heavy atom. The molecular weight excluding hydrogens is 479 g/mol. The summed E-state index contributed by atoms with van der Waals surface area (Å²) in [6.07, 6.45) is 1.78. The summed E-state index contributed by atoms with van der Waals surface area (Å²) >= 11 is 13.1. The zero-order valence-electron chi connectivity index (χ0n) is 18.2. The number of benzene rings is 2. The van der Waals surface area contributed by atoms with Gasteiger partial charge in [0, 0.05) is 21.4 Å². The summed E-state index contributed by atoms with van der Waals surface area (Å²) in [5, 5.41) is 0.608. The number of amides is 2. The zero-order chi connectivity index (χ0) is 23.5. The number of aromatic nitrogens is 1. The van der Waals surface area contributed by atoms with Crippen molar-refractivity contribution >= 4 is 52.2 Å². The van der Waals surface area contributed by atoms with E-state index in [0.29, 0.717) is 33.7 Å². The Balaban J connectivity index is 1.47. The third-order valence-corrected chi connectivity index (χ3v) is 6.94. The Labute approximate surface area is 206 Å². The van der Waals surface area contributed by atoms with Crippen LogP contribution in [0.25, 0.3) is 6.08 Å². The molecule has 2 heterocycles. The number of aryl methyl sites for hydroxylation is 1. The first-order chi connectivity index (χ1) is 15.8. The number of ether oxygens (including phenoxy) is 1. The Morgan fingerprint density at radius 1 is 1.03 bits per heavy atom. The molecule has 33 heavy (non-hydrogen) atoms. The Morgan fingerprint density at radius 3 is 2.52 bits per heavy atom. The summed E-state index contributed by atoms with van der Waals surface area (Å²) in [5.74, 6) is 0.503. The van der Waals surface area contributed by atoms with Crippen molar-refractivity contribution in [3.8, 4) is 5.75 Å². The molecule has 1 saturated heterocycles. The highest BCUT2D eigenvalue weighted by atomic mass is 35.5. The van der Waals surface area contributed by atoms with Gasteiger partial charge in [-0.25, -0.2) is 0 Å². The van der Waals surface area contributed by atoms with Crippen LogP contribution in [0, 0.1) is 13.8 Å². The first-order valence-corrected chi connectivity index (χ1v) is 11.9. The van der Waals surface area contributed by atoms with Crippen LogP contribution in [0.4, 0.5) is 4.79 Å². The number of carbonyl (C=O) groups excluding carboxylic acids is 2. The van der Waals surface area contributed by atoms with E-state index >= 15 is 0 Å². The third kappa shape index (κ3) is 5.29. The monoisotopic (exact) mass is 500 g/mol. The number of hydrogen-bond donors (Lipinski definition) is 0. The van der Waals surface area contributed by atoms with Crippen LogP contribution in [-0.4, -0.2) is 27.2 Å². The number of halogens is 2. The van der Waals surface area contributed by atoms with Gasteiger partial charge in [-0.05, 0) is 73.1 Å². The van der Waals surface area contributed by atoms with Gasteiger partial charge in [-0.1, -0.05) is 47.5 Å². The lowest BCUT2D eigenvalue weighted by molar-refractivity contribution is -0.123. The molecule has 4 rings (SSSR count). The number of hydrogen-bond acceptors (Lipinski definition) is 4. The Bertz CT molecular complexity index is 1240. The van der Waals surface area contributed by atoms with Crippen LogP contribution in [-0.2, 0) is 17.9 Å². The first-order valence-electron chi connectivity index (χ1n) is 10.4. The van der Waals surface area contributed by atoms with Crippen molar-refractivity contribution in [2.24, 2.45) is 0 Å². The molecule has 0 atom stereocenters. The molecule has 0 unspecified atom stereocenters. The summed E-state index contributed by atoms with van der Waals surface area (Å²) in [6.45, 7) is 5.32. The molecule has 0 radical (unpaired) electrons. The van der Waals surface area contributed by atoms with Gasteiger partial charge in [0.1, 0.15) is 12.4 Å². The van der Waals surface area contributed by atoms with Crippen LogP contribution in [0.1, 0.15) is 22.5 Å². The van der Waals surface area contributed by atoms with Crippen LogP contribution in [0.2, 0.25) is 10.0 Å². The smallest absolute Gasteiger partial charge is 0.293 e. The Hall–Kier alpha value is -2.67. The minimum Gasteiger partial charge on any atom is -0.492 e. The maximum Gasteiger partial charge on any atom is 0.293 e. The summed E-state index contributed by atoms with van der Waals surface area (Å²) in [4.78, 5) is 27.1. The van der Waals surface area contributed by atoms with E-state index in [1.165, 1.54) is 4.90 Å². The van der Waals surface area contributed by atoms with Gasteiger partial charge >= 0.3 is 0 Å². The van der Waals surface area contributed by atoms with Gasteiger partial charge in [0.15, 0.2) is 0 Å². The van der Waals surface area contributed by atoms with Gasteiger partial charge < -0.3 is 9.30 Å². The fourth-order valence-electron chi connectivity index (χ4n) is 3.69. The number of rotatable bonds is 7. The van der Waals surface area contributed by atoms with Crippen molar-refractivity contribution < 1.29 is 14.3 Å². The average Bonchev–Trinajstić information content (AvgIpc) is 3.20. The van der Waals surface area contributed by atoms with Crippen molar-refractivity contribution in [1.82, 2.24) is 9.47 Å². The van der Waals surface area contributed by atoms with E-state index in [1.807, 2.05) is 50.2 Å². The topological polar surface area (TPSA) is 51.5 Å². The highest BCUT2D eigenvalue weighted by Crippen LogP contribution is 2.35. The quantitative estimate of drug-likeness (QED) is 0.337. The lowest BCUT2D eigenvalue weighted by Crippen LogP contribution is -2.27. The molecule has 0 bridgehead atoms. The number of carbonyl (C=O) groups is 2. The van der Waals surface area contributed by atoms with E-state index in [1.54, 1.807) is 24.3 Å². The van der Waals surface area contributed by atoms with Gasteiger partial charge in [-0.15, -0.1) is 0 Å². The van der Waals surface area contributed by atoms with Crippen LogP contribution in [0.3, 0.4) is 0 Å². The Kier molecular flexibility index (Phi) is 7.17. The molecule has 1 aliphatic rings. The van der Waals surface area contributed by atoms with Gasteiger partial charge in [0.2, 0.25) is 0 Å². The molecule has 1 fully saturated rings. The molecular formula is C25H22Cl2N2O3S. The van der Waals surface area contributed by atoms with Crippen molar-refractivity contribution in [1.29, 1.82) is 0 Å². The number of nitrogens with zero attached hydrogens (tertiary/aromatic N) is 2. The minimum absolute atomic E-state index is 0.105. The largest absolute Gasteiger partial charge is 0.492 e. The number of imide groups is 1. The highest BCUT2D eigenvalue weighted by molar-refractivity contribution is 8.18. The van der Waals surface area contributed by atoms with Gasteiger partial charge in [-0.3, -0.25) is 14.5 Å². The van der Waals surface area contributed by atoms with Crippen LogP contribution in [0.15, 0.2) is 59.5 Å². The summed E-state index contributed by atoms with van der Waals surface area (Å²) in [7, 11) is 0. The standard InChI is InChI=1S/C25H22Cl2N2O3S/c1-16-12-19(17(2)28(16)10-11-32-21-6-4-3-5-7-21)13-23-24(30)29(25(31)33-23)15-18-8-9-20(26)14-22(18)27/h3-9,12-14H,10-11,15H2,1-2H3/b23-13-. The minimum atomic E-state index is -0.326. The number of thioether (sulfide) groups is 1. The van der Waals surface area contributed by atoms with Crippen molar-refractivity contribution in [2.75, 3.05) is 6.61 Å². The van der Waals surface area contributed by atoms with Crippen molar-refractivity contribution in [3.63, 3.8) is 0 Å². The molecule has 8 heteroatoms. The average molecular weight is 501 g/mol. The predicted octanol–water partition coefficient (Wildman–Crippen LogP) is 6.73. The third-order valence-electron chi connectivity index (χ3n) is 5.44. The molecule has 0 spiro atoms. The molecule has 170 valence electrons. The van der Waals surface area contributed by atoms with E-state index in [9.17, 15) is 9.59 Å². The van der Waals surface area contributed by atoms with Crippen LogP contribution in [0.5, 0.6) is 5.75 Å². The molecule has 1 aromatic heterocycles. The zero-order valence-corrected chi connectivity index (χ0v) is 20.5. The second-order valence-electron chi connectivity index (χ2n) is 7.64. The molecule has 5 nitrogen and oxygen atoms in total. The fourth-order valence-corrected chi connectivity index (χ4v) is 4.98. The molecule has 0 aliphatic carbocycles. The predicted molar refractivity (Wildman–Crippen MR) is 134 cm³/mol. The molecule has 0 N–H and O–H groups in total. The van der Waals surface area contributed by atoms with Gasteiger partial charge in [-0.2, -0.15) is 0 Å². The molecule has 0 saturated carbocycles. The van der Waals surface area contributed by atoms with Gasteiger partial charge in [0.05, 0.1) is 18.0 Å². The summed E-state index contributed by atoms with van der Waals surface area (Å²) in [5.41, 5.74) is 3.64. The summed E-state index contributed by atoms with van der Waals surface area (Å²) in [6, 6.07) is 16.7. The normalized spacial score (nSPS) is 15.0. The maximum atomic E-state index is 13.0. The molecule has 2 amide bonds. The number of para-hydroxylation sites is 1. The van der Waals surface area contributed by atoms with Crippen molar-refractivity contribution in [3.05, 3.63) is 92.1 Å². The van der Waals surface area contributed by atoms with E-state index in [4.69, 9.17) is 27.9 Å². The maximum absolute atomic E-state index is 13.0. The second kappa shape index (κ2) is 10.1. The van der Waals surface area contributed by atoms with Crippen LogP contribution < -0.4 is 4.74 Å². The second-order valence-corrected chi connectivity index (χ2v) is 9.48. The van der Waals surface area contributed by atoms with Gasteiger partial charge in [0.25, 0.3) is 11.1 Å². The fraction of sp³-hybridized carbons (Fsp3) is 0.200. The lowest BCUT2D eigenvalue weighted by Gasteiger charge is -2.13. The van der Waals surface area contributed by atoms with Crippen molar-refractivity contribution in [2.45, 2.75) is 26.9 Å². The van der Waals surface area contributed by atoms with E-state index < -0.39 is 0 Å². The molecule has 1 aliphatic heterocycles. The van der Waals surface area contributed by atoms with E-state index in [2.05, 4.69) is 4.57 Å². The lowest BCUT2D eigenvalue weighted by atomic mass is 10.2.